The second-order valence-corrected chi connectivity index (χ2v) is 2.81. The molecule has 0 amide bonds. The molecule has 0 aliphatic rings. The predicted molar refractivity (Wildman–Crippen MR) is 54.1 cm³/mol. The highest BCUT2D eigenvalue weighted by atomic mass is 16.6. The molecule has 0 saturated carbocycles. The molecule has 0 heterocycles. The maximum absolute atomic E-state index is 10.9. The molecule has 1 aromatic carbocycles. The highest BCUT2D eigenvalue weighted by Gasteiger charge is 2.18. The van der Waals surface area contributed by atoms with Gasteiger partial charge in [0.1, 0.15) is 6.29 Å². The van der Waals surface area contributed by atoms with E-state index in [2.05, 4.69) is 0 Å². The Kier molecular flexibility index (Phi) is 3.71. The number of hydrogen-bond donors (Lipinski definition) is 0. The lowest BCUT2D eigenvalue weighted by Crippen LogP contribution is -2.08. The smallest absolute Gasteiger partial charge is 0.315 e. The summed E-state index contributed by atoms with van der Waals surface area (Å²) in [5.74, 6) is -0.874. The first kappa shape index (κ1) is 11.8. The summed E-state index contributed by atoms with van der Waals surface area (Å²) < 4.78 is 4.70. The molecule has 6 nitrogen and oxygen atoms in total. The fourth-order valence-electron chi connectivity index (χ4n) is 1.00. The SMILES string of the molecule is C[CH]C(=O)Oc1ccc(C=O)cc1[N+](=O)[O-]. The molecule has 0 aromatic heterocycles. The van der Waals surface area contributed by atoms with Crippen LogP contribution in [0.5, 0.6) is 5.75 Å². The molecule has 0 aliphatic carbocycles. The zero-order chi connectivity index (χ0) is 12.1. The van der Waals surface area contributed by atoms with E-state index < -0.39 is 16.6 Å². The number of benzene rings is 1. The Morgan fingerprint density at radius 1 is 1.50 bits per heavy atom. The molecule has 1 aromatic rings. The van der Waals surface area contributed by atoms with Gasteiger partial charge in [0.2, 0.25) is 5.75 Å². The topological polar surface area (TPSA) is 86.5 Å². The third kappa shape index (κ3) is 2.63. The summed E-state index contributed by atoms with van der Waals surface area (Å²) in [7, 11) is 0. The summed E-state index contributed by atoms with van der Waals surface area (Å²) in [4.78, 5) is 31.3. The van der Waals surface area contributed by atoms with E-state index in [4.69, 9.17) is 4.74 Å². The molecule has 16 heavy (non-hydrogen) atoms. The van der Waals surface area contributed by atoms with Crippen molar-refractivity contribution in [3.8, 4) is 5.75 Å². The van der Waals surface area contributed by atoms with Crippen molar-refractivity contribution in [1.29, 1.82) is 0 Å². The van der Waals surface area contributed by atoms with E-state index in [1.54, 1.807) is 0 Å². The van der Waals surface area contributed by atoms with Crippen LogP contribution < -0.4 is 4.74 Å². The van der Waals surface area contributed by atoms with Crippen molar-refractivity contribution in [2.45, 2.75) is 6.92 Å². The number of nitro benzene ring substituents is 1. The molecule has 83 valence electrons. The van der Waals surface area contributed by atoms with Gasteiger partial charge in [-0.1, -0.05) is 6.92 Å². The van der Waals surface area contributed by atoms with Crippen LogP contribution in [0.4, 0.5) is 5.69 Å². The van der Waals surface area contributed by atoms with E-state index in [9.17, 15) is 19.7 Å². The third-order valence-electron chi connectivity index (χ3n) is 1.76. The van der Waals surface area contributed by atoms with Crippen LogP contribution in [0, 0.1) is 16.5 Å². The van der Waals surface area contributed by atoms with E-state index in [1.807, 2.05) is 0 Å². The van der Waals surface area contributed by atoms with E-state index in [0.717, 1.165) is 12.5 Å². The quantitative estimate of drug-likeness (QED) is 0.253. The Hall–Kier alpha value is -2.24. The molecule has 1 rings (SSSR count). The minimum atomic E-state index is -0.717. The van der Waals surface area contributed by atoms with E-state index in [0.29, 0.717) is 6.29 Å². The molecule has 0 saturated heterocycles. The normalized spacial score (nSPS) is 9.56. The van der Waals surface area contributed by atoms with Crippen molar-refractivity contribution in [2.24, 2.45) is 0 Å². The summed E-state index contributed by atoms with van der Waals surface area (Å²) in [5, 5.41) is 10.6. The maximum Gasteiger partial charge on any atom is 0.315 e. The fourth-order valence-corrected chi connectivity index (χ4v) is 1.00. The van der Waals surface area contributed by atoms with Crippen molar-refractivity contribution in [3.63, 3.8) is 0 Å². The van der Waals surface area contributed by atoms with Gasteiger partial charge in [-0.3, -0.25) is 19.7 Å². The van der Waals surface area contributed by atoms with Gasteiger partial charge >= 0.3 is 11.7 Å². The van der Waals surface area contributed by atoms with Crippen molar-refractivity contribution in [3.05, 3.63) is 40.3 Å². The number of rotatable bonds is 4. The van der Waals surface area contributed by atoms with Gasteiger partial charge in [-0.15, -0.1) is 0 Å². The molecule has 0 unspecified atom stereocenters. The van der Waals surface area contributed by atoms with Gasteiger partial charge in [0.05, 0.1) is 11.3 Å². The van der Waals surface area contributed by atoms with E-state index >= 15 is 0 Å². The maximum atomic E-state index is 10.9. The number of aldehydes is 1. The zero-order valence-corrected chi connectivity index (χ0v) is 8.38. The Labute approximate surface area is 91.0 Å². The van der Waals surface area contributed by atoms with Gasteiger partial charge in [0, 0.05) is 11.6 Å². The lowest BCUT2D eigenvalue weighted by atomic mass is 10.2. The van der Waals surface area contributed by atoms with Crippen LogP contribution in [0.25, 0.3) is 0 Å². The largest absolute Gasteiger partial charge is 0.419 e. The first-order valence-corrected chi connectivity index (χ1v) is 4.33. The van der Waals surface area contributed by atoms with Gasteiger partial charge in [-0.2, -0.15) is 0 Å². The molecule has 0 fully saturated rings. The van der Waals surface area contributed by atoms with Crippen molar-refractivity contribution in [1.82, 2.24) is 0 Å². The third-order valence-corrected chi connectivity index (χ3v) is 1.76. The Morgan fingerprint density at radius 2 is 2.19 bits per heavy atom. The lowest BCUT2D eigenvalue weighted by molar-refractivity contribution is -0.385. The standard InChI is InChI=1S/C10H8NO5/c1-2-10(13)16-9-4-3-7(6-12)5-8(9)11(14)15/h2-6H,1H3. The van der Waals surface area contributed by atoms with Crippen LogP contribution in [0.1, 0.15) is 17.3 Å². The number of ether oxygens (including phenoxy) is 1. The Bertz CT molecular complexity index is 441. The highest BCUT2D eigenvalue weighted by molar-refractivity contribution is 5.82. The van der Waals surface area contributed by atoms with Crippen LogP contribution in [0.2, 0.25) is 0 Å². The van der Waals surface area contributed by atoms with Crippen LogP contribution in [-0.4, -0.2) is 17.2 Å². The van der Waals surface area contributed by atoms with Crippen LogP contribution >= 0.6 is 0 Å². The molecule has 1 radical (unpaired) electrons. The monoisotopic (exact) mass is 222 g/mol. The van der Waals surface area contributed by atoms with Crippen LogP contribution in [0.15, 0.2) is 18.2 Å². The number of hydrogen-bond acceptors (Lipinski definition) is 5. The molecule has 0 aliphatic heterocycles. The first-order chi connectivity index (χ1) is 7.58. The summed E-state index contributed by atoms with van der Waals surface area (Å²) in [5.41, 5.74) is -0.272. The Balaban J connectivity index is 3.12. The molecule has 0 atom stereocenters. The number of nitro groups is 1. The van der Waals surface area contributed by atoms with Crippen LogP contribution in [-0.2, 0) is 4.79 Å². The fraction of sp³-hybridized carbons (Fsp3) is 0.100. The number of nitrogens with zero attached hydrogens (tertiary/aromatic N) is 1. The van der Waals surface area contributed by atoms with Gasteiger partial charge in [-0.25, -0.2) is 0 Å². The van der Waals surface area contributed by atoms with E-state index in [1.165, 1.54) is 19.1 Å². The average Bonchev–Trinajstić information content (AvgIpc) is 2.29. The molecule has 0 N–H and O–H groups in total. The summed E-state index contributed by atoms with van der Waals surface area (Å²) in [6.45, 7) is 1.45. The van der Waals surface area contributed by atoms with E-state index in [-0.39, 0.29) is 11.3 Å². The minimum absolute atomic E-state index is 0.145. The van der Waals surface area contributed by atoms with Crippen molar-refractivity contribution < 1.29 is 19.2 Å². The Morgan fingerprint density at radius 3 is 2.69 bits per heavy atom. The predicted octanol–water partition coefficient (Wildman–Crippen LogP) is 1.54. The van der Waals surface area contributed by atoms with Gasteiger partial charge in [0.25, 0.3) is 0 Å². The zero-order valence-electron chi connectivity index (χ0n) is 8.38. The molecule has 6 heteroatoms. The highest BCUT2D eigenvalue weighted by Crippen LogP contribution is 2.27. The summed E-state index contributed by atoms with van der Waals surface area (Å²) >= 11 is 0. The minimum Gasteiger partial charge on any atom is -0.419 e. The second kappa shape index (κ2) is 5.01. The number of esters is 1. The molecule has 0 spiro atoms. The van der Waals surface area contributed by atoms with Crippen molar-refractivity contribution in [2.75, 3.05) is 0 Å². The molecular weight excluding hydrogens is 214 g/mol. The summed E-state index contributed by atoms with van der Waals surface area (Å²) in [6, 6.07) is 3.59. The molecule has 0 bridgehead atoms. The lowest BCUT2D eigenvalue weighted by Gasteiger charge is -2.03. The van der Waals surface area contributed by atoms with Gasteiger partial charge < -0.3 is 4.74 Å². The average molecular weight is 222 g/mol. The first-order valence-electron chi connectivity index (χ1n) is 4.33. The second-order valence-electron chi connectivity index (χ2n) is 2.81. The van der Waals surface area contributed by atoms with Gasteiger partial charge in [0.15, 0.2) is 0 Å². The van der Waals surface area contributed by atoms with Crippen molar-refractivity contribution >= 4 is 17.9 Å². The van der Waals surface area contributed by atoms with Crippen LogP contribution in [0.3, 0.4) is 0 Å². The van der Waals surface area contributed by atoms with Gasteiger partial charge in [-0.05, 0) is 12.1 Å². The summed E-state index contributed by atoms with van der Waals surface area (Å²) in [6.07, 6.45) is 1.61. The number of carbonyl (C=O) groups is 2. The number of carbonyl (C=O) groups excluding carboxylic acids is 2. The molecular formula is C10H8NO5.